The summed E-state index contributed by atoms with van der Waals surface area (Å²) in [6.07, 6.45) is 9.00. The van der Waals surface area contributed by atoms with Crippen LogP contribution in [-0.4, -0.2) is 10.2 Å². The third-order valence-corrected chi connectivity index (χ3v) is 5.30. The van der Waals surface area contributed by atoms with E-state index in [0.717, 1.165) is 11.1 Å². The van der Waals surface area contributed by atoms with Crippen molar-refractivity contribution in [2.75, 3.05) is 0 Å². The Kier molecular flexibility index (Phi) is 10.7. The highest BCUT2D eigenvalue weighted by Gasteiger charge is 2.02. The molecule has 1 aliphatic rings. The van der Waals surface area contributed by atoms with Crippen LogP contribution in [0.1, 0.15) is 100 Å². The van der Waals surface area contributed by atoms with Gasteiger partial charge in [0.1, 0.15) is 11.5 Å². The van der Waals surface area contributed by atoms with Crippen LogP contribution >= 0.6 is 0 Å². The molecule has 2 heteroatoms. The van der Waals surface area contributed by atoms with E-state index in [1.165, 1.54) is 49.7 Å². The molecule has 3 rings (SSSR count). The van der Waals surface area contributed by atoms with Gasteiger partial charge in [-0.25, -0.2) is 0 Å². The van der Waals surface area contributed by atoms with Crippen molar-refractivity contribution in [2.45, 2.75) is 91.9 Å². The van der Waals surface area contributed by atoms with E-state index in [0.29, 0.717) is 23.3 Å². The molecular weight excluding hydrogens is 344 g/mol. The number of hydrogen-bond donors (Lipinski definition) is 2. The molecule has 1 fully saturated rings. The molecule has 1 aliphatic carbocycles. The van der Waals surface area contributed by atoms with Gasteiger partial charge in [-0.2, -0.15) is 0 Å². The fourth-order valence-corrected chi connectivity index (χ4v) is 3.03. The summed E-state index contributed by atoms with van der Waals surface area (Å²) in [7, 11) is 0. The predicted octanol–water partition coefficient (Wildman–Crippen LogP) is 7.99. The van der Waals surface area contributed by atoms with Crippen LogP contribution in [0.15, 0.2) is 36.4 Å². The average molecular weight is 385 g/mol. The van der Waals surface area contributed by atoms with Gasteiger partial charge in [-0.05, 0) is 60.1 Å². The van der Waals surface area contributed by atoms with Gasteiger partial charge in [0.15, 0.2) is 0 Å². The van der Waals surface area contributed by atoms with Crippen LogP contribution in [0.3, 0.4) is 0 Å². The summed E-state index contributed by atoms with van der Waals surface area (Å²) >= 11 is 0. The van der Waals surface area contributed by atoms with Crippen molar-refractivity contribution >= 4 is 0 Å². The van der Waals surface area contributed by atoms with E-state index < -0.39 is 0 Å². The normalized spacial score (nSPS) is 13.4. The summed E-state index contributed by atoms with van der Waals surface area (Å²) in [5.74, 6) is 1.77. The molecule has 0 aromatic heterocycles. The monoisotopic (exact) mass is 384 g/mol. The van der Waals surface area contributed by atoms with Crippen molar-refractivity contribution < 1.29 is 10.2 Å². The minimum atomic E-state index is 0.399. The van der Waals surface area contributed by atoms with Crippen LogP contribution in [0.4, 0.5) is 0 Å². The second-order valence-corrected chi connectivity index (χ2v) is 8.52. The van der Waals surface area contributed by atoms with Crippen molar-refractivity contribution in [3.8, 4) is 11.5 Å². The van der Waals surface area contributed by atoms with Crippen LogP contribution in [0.25, 0.3) is 0 Å². The lowest BCUT2D eigenvalue weighted by Crippen LogP contribution is -1.86. The molecule has 0 bridgehead atoms. The number of aromatic hydroxyl groups is 2. The quantitative estimate of drug-likeness (QED) is 0.551. The van der Waals surface area contributed by atoms with Crippen molar-refractivity contribution in [1.82, 2.24) is 0 Å². The highest BCUT2D eigenvalue weighted by molar-refractivity contribution is 5.37. The molecule has 2 N–H and O–H groups in total. The Morgan fingerprint density at radius 3 is 1.07 bits per heavy atom. The Balaban J connectivity index is 0.000000219. The minimum Gasteiger partial charge on any atom is -0.508 e. The molecule has 1 saturated carbocycles. The maximum absolute atomic E-state index is 9.35. The third-order valence-electron chi connectivity index (χ3n) is 5.30. The predicted molar refractivity (Wildman–Crippen MR) is 122 cm³/mol. The van der Waals surface area contributed by atoms with Gasteiger partial charge < -0.3 is 10.2 Å². The molecule has 0 saturated heterocycles. The van der Waals surface area contributed by atoms with E-state index in [9.17, 15) is 10.2 Å². The lowest BCUT2D eigenvalue weighted by Gasteiger charge is -2.06. The van der Waals surface area contributed by atoms with Gasteiger partial charge in [0, 0.05) is 0 Å². The summed E-state index contributed by atoms with van der Waals surface area (Å²) in [5.41, 5.74) is 4.25. The Morgan fingerprint density at radius 2 is 0.857 bits per heavy atom. The maximum Gasteiger partial charge on any atom is 0.118 e. The maximum atomic E-state index is 9.35. The van der Waals surface area contributed by atoms with E-state index in [4.69, 9.17) is 0 Å². The van der Waals surface area contributed by atoms with Gasteiger partial charge in [-0.15, -0.1) is 0 Å². The first-order valence-electron chi connectivity index (χ1n) is 10.8. The molecule has 0 radical (unpaired) electrons. The SMILES string of the molecule is C1CCCCC1.Cc1ccc(C(C)C)cc1O.Cc1ccc(C(C)C)cc1O. The van der Waals surface area contributed by atoms with Gasteiger partial charge in [0.2, 0.25) is 0 Å². The van der Waals surface area contributed by atoms with Crippen LogP contribution in [0.2, 0.25) is 0 Å². The molecule has 2 aromatic rings. The minimum absolute atomic E-state index is 0.399. The Morgan fingerprint density at radius 1 is 0.571 bits per heavy atom. The van der Waals surface area contributed by atoms with Crippen molar-refractivity contribution in [2.24, 2.45) is 0 Å². The Labute approximate surface area is 172 Å². The molecule has 0 heterocycles. The number of rotatable bonds is 2. The number of phenols is 2. The number of benzene rings is 2. The lowest BCUT2D eigenvalue weighted by molar-refractivity contribution is 0.469. The summed E-state index contributed by atoms with van der Waals surface area (Å²) in [6, 6.07) is 11.7. The summed E-state index contributed by atoms with van der Waals surface area (Å²) < 4.78 is 0. The van der Waals surface area contributed by atoms with Crippen LogP contribution in [-0.2, 0) is 0 Å². The fourth-order valence-electron chi connectivity index (χ4n) is 3.03. The highest BCUT2D eigenvalue weighted by Crippen LogP contribution is 2.23. The largest absolute Gasteiger partial charge is 0.508 e. The van der Waals surface area contributed by atoms with Crippen LogP contribution in [0, 0.1) is 13.8 Å². The molecule has 0 amide bonds. The van der Waals surface area contributed by atoms with Crippen molar-refractivity contribution in [3.63, 3.8) is 0 Å². The summed E-state index contributed by atoms with van der Waals surface area (Å²) in [6.45, 7) is 12.3. The van der Waals surface area contributed by atoms with Crippen LogP contribution in [0.5, 0.6) is 11.5 Å². The molecule has 156 valence electrons. The van der Waals surface area contributed by atoms with E-state index in [1.54, 1.807) is 0 Å². The van der Waals surface area contributed by atoms with E-state index >= 15 is 0 Å². The second kappa shape index (κ2) is 12.5. The average Bonchev–Trinajstić information content (AvgIpc) is 2.68. The second-order valence-electron chi connectivity index (χ2n) is 8.52. The first kappa shape index (κ1) is 24.1. The van der Waals surface area contributed by atoms with Gasteiger partial charge in [-0.3, -0.25) is 0 Å². The van der Waals surface area contributed by atoms with Crippen LogP contribution < -0.4 is 0 Å². The van der Waals surface area contributed by atoms with Gasteiger partial charge in [0.25, 0.3) is 0 Å². The fraction of sp³-hybridized carbons (Fsp3) is 0.538. The summed E-state index contributed by atoms with van der Waals surface area (Å²) in [4.78, 5) is 0. The molecule has 0 atom stereocenters. The van der Waals surface area contributed by atoms with Crippen molar-refractivity contribution in [3.05, 3.63) is 58.7 Å². The smallest absolute Gasteiger partial charge is 0.118 e. The van der Waals surface area contributed by atoms with Gasteiger partial charge in [-0.1, -0.05) is 90.5 Å². The molecule has 0 aliphatic heterocycles. The zero-order chi connectivity index (χ0) is 21.1. The lowest BCUT2D eigenvalue weighted by atomic mass is 10.0. The molecule has 28 heavy (non-hydrogen) atoms. The Bertz CT molecular complexity index is 631. The Hall–Kier alpha value is -1.96. The highest BCUT2D eigenvalue weighted by atomic mass is 16.3. The van der Waals surface area contributed by atoms with E-state index in [2.05, 4.69) is 39.8 Å². The first-order valence-corrected chi connectivity index (χ1v) is 10.8. The topological polar surface area (TPSA) is 40.5 Å². The molecule has 0 spiro atoms. The van der Waals surface area contributed by atoms with Crippen molar-refractivity contribution in [1.29, 1.82) is 0 Å². The molecule has 0 unspecified atom stereocenters. The van der Waals surface area contributed by atoms with Gasteiger partial charge in [0.05, 0.1) is 0 Å². The van der Waals surface area contributed by atoms with Gasteiger partial charge >= 0.3 is 0 Å². The zero-order valence-corrected chi connectivity index (χ0v) is 18.8. The number of aryl methyl sites for hydroxylation is 2. The third kappa shape index (κ3) is 8.82. The zero-order valence-electron chi connectivity index (χ0n) is 18.8. The summed E-state index contributed by atoms with van der Waals surface area (Å²) in [5, 5.41) is 18.7. The number of phenolic OH excluding ortho intramolecular Hbond substituents is 2. The molecular formula is C26H40O2. The molecule has 2 aromatic carbocycles. The standard InChI is InChI=1S/2C10H14O.C6H12/c2*1-7(2)9-5-4-8(3)10(11)6-9;1-2-4-6-5-3-1/h2*4-7,11H,1-3H3;1-6H2. The number of hydrogen-bond acceptors (Lipinski definition) is 2. The molecule has 2 nitrogen and oxygen atoms in total. The van der Waals surface area contributed by atoms with E-state index in [-0.39, 0.29) is 0 Å². The van der Waals surface area contributed by atoms with E-state index in [1.807, 2.05) is 38.1 Å². The first-order chi connectivity index (χ1) is 13.2.